The molecule has 0 saturated heterocycles. The minimum atomic E-state index is -0.122. The van der Waals surface area contributed by atoms with Crippen LogP contribution in [0.2, 0.25) is 0 Å². The van der Waals surface area contributed by atoms with E-state index < -0.39 is 0 Å². The van der Waals surface area contributed by atoms with E-state index in [-0.39, 0.29) is 18.5 Å². The molecule has 4 heteroatoms. The summed E-state index contributed by atoms with van der Waals surface area (Å²) >= 11 is 3.77. The van der Waals surface area contributed by atoms with Crippen molar-refractivity contribution in [3.63, 3.8) is 0 Å². The number of aliphatic hydroxyl groups excluding tert-OH is 2. The fraction of sp³-hybridized carbons (Fsp3) is 1.00. The van der Waals surface area contributed by atoms with E-state index in [4.69, 9.17) is 10.2 Å². The molecule has 0 aromatic heterocycles. The molecule has 0 aliphatic rings. The lowest BCUT2D eigenvalue weighted by Gasteiger charge is -2.02. The molecule has 2 nitrogen and oxygen atoms in total. The highest BCUT2D eigenvalue weighted by atomic mass is 33.1. The lowest BCUT2D eigenvalue weighted by molar-refractivity contribution is 0.229. The molecule has 0 unspecified atom stereocenters. The van der Waals surface area contributed by atoms with Gasteiger partial charge in [-0.25, -0.2) is 0 Å². The first-order valence-corrected chi connectivity index (χ1v) is 3.80. The summed E-state index contributed by atoms with van der Waals surface area (Å²) in [6.45, 7) is -0.0185. The van der Waals surface area contributed by atoms with Gasteiger partial charge in [-0.2, -0.15) is 0 Å². The van der Waals surface area contributed by atoms with Crippen molar-refractivity contribution in [3.05, 3.63) is 0 Å². The van der Waals surface area contributed by atoms with E-state index in [1.807, 2.05) is 0 Å². The molecule has 0 rings (SSSR count). The third-order valence-corrected chi connectivity index (χ3v) is 2.05. The highest BCUT2D eigenvalue weighted by Crippen LogP contribution is 2.12. The molecular weight excluding hydrogens is 132 g/mol. The lowest BCUT2D eigenvalue weighted by Crippen LogP contribution is -2.10. The molecule has 0 radical (unpaired) electrons. The zero-order valence-corrected chi connectivity index (χ0v) is 5.45. The summed E-state index contributed by atoms with van der Waals surface area (Å²) in [5.41, 5.74) is 0. The van der Waals surface area contributed by atoms with Crippen molar-refractivity contribution >= 4 is 22.5 Å². The molecule has 0 atom stereocenters. The Kier molecular flexibility index (Phi) is 5.19. The van der Waals surface area contributed by atoms with Gasteiger partial charge in [-0.15, -0.1) is 11.7 Å². The first-order valence-electron chi connectivity index (χ1n) is 1.87. The van der Waals surface area contributed by atoms with E-state index in [1.165, 1.54) is 0 Å². The summed E-state index contributed by atoms with van der Waals surface area (Å²) in [6, 6.07) is 0. The van der Waals surface area contributed by atoms with Gasteiger partial charge in [0.2, 0.25) is 0 Å². The largest absolute Gasteiger partial charge is 0.395 e. The van der Waals surface area contributed by atoms with Gasteiger partial charge in [-0.1, -0.05) is 10.8 Å². The van der Waals surface area contributed by atoms with Crippen molar-refractivity contribution in [2.24, 2.45) is 0 Å². The van der Waals surface area contributed by atoms with Gasteiger partial charge < -0.3 is 10.2 Å². The van der Waals surface area contributed by atoms with Crippen molar-refractivity contribution in [2.45, 2.75) is 5.25 Å². The van der Waals surface area contributed by atoms with Gasteiger partial charge in [-0.05, 0) is 0 Å². The van der Waals surface area contributed by atoms with Gasteiger partial charge in [-0.3, -0.25) is 0 Å². The summed E-state index contributed by atoms with van der Waals surface area (Å²) in [5, 5.41) is 16.5. The highest BCUT2D eigenvalue weighted by Gasteiger charge is 2.00. The van der Waals surface area contributed by atoms with Gasteiger partial charge >= 0.3 is 0 Å². The monoisotopic (exact) mass is 140 g/mol. The van der Waals surface area contributed by atoms with Gasteiger partial charge in [0.1, 0.15) is 0 Å². The quantitative estimate of drug-likeness (QED) is 0.379. The maximum absolute atomic E-state index is 8.30. The number of hydrogen-bond donors (Lipinski definition) is 3. The molecule has 0 aliphatic carbocycles. The molecule has 0 aromatic carbocycles. The average molecular weight is 140 g/mol. The molecule has 44 valence electrons. The third-order valence-electron chi connectivity index (χ3n) is 0.556. The summed E-state index contributed by atoms with van der Waals surface area (Å²) < 4.78 is 0. The molecule has 2 N–H and O–H groups in total. The second-order valence-corrected chi connectivity index (χ2v) is 2.60. The van der Waals surface area contributed by atoms with Gasteiger partial charge in [0.05, 0.1) is 18.5 Å². The van der Waals surface area contributed by atoms with Crippen LogP contribution in [0, 0.1) is 0 Å². The standard InChI is InChI=1S/C3H8O2S2/c4-1-3(2-5)7-6/h3-6H,1-2H2. The Hall–Kier alpha value is 0.620. The topological polar surface area (TPSA) is 40.5 Å². The minimum absolute atomic E-state index is 0.00926. The number of hydrogen-bond acceptors (Lipinski definition) is 4. The molecule has 0 aromatic rings. The van der Waals surface area contributed by atoms with Crippen LogP contribution in [0.15, 0.2) is 0 Å². The van der Waals surface area contributed by atoms with Crippen molar-refractivity contribution in [1.82, 2.24) is 0 Å². The molecule has 7 heavy (non-hydrogen) atoms. The molecule has 0 bridgehead atoms. The van der Waals surface area contributed by atoms with Gasteiger partial charge in [0.15, 0.2) is 0 Å². The number of rotatable bonds is 3. The Balaban J connectivity index is 2.99. The molecule has 0 saturated carbocycles. The van der Waals surface area contributed by atoms with Crippen LogP contribution >= 0.6 is 22.5 Å². The van der Waals surface area contributed by atoms with Crippen LogP contribution in [0.25, 0.3) is 0 Å². The summed E-state index contributed by atoms with van der Waals surface area (Å²) in [4.78, 5) is 0. The van der Waals surface area contributed by atoms with E-state index in [0.717, 1.165) is 10.8 Å². The molecule has 0 heterocycles. The second kappa shape index (κ2) is 4.77. The lowest BCUT2D eigenvalue weighted by atomic mass is 10.5. The first kappa shape index (κ1) is 7.62. The Morgan fingerprint density at radius 2 is 1.86 bits per heavy atom. The van der Waals surface area contributed by atoms with E-state index in [2.05, 4.69) is 11.7 Å². The van der Waals surface area contributed by atoms with Crippen LogP contribution in [0.4, 0.5) is 0 Å². The Bertz CT molecular complexity index is 32.4. The predicted molar refractivity (Wildman–Crippen MR) is 34.5 cm³/mol. The van der Waals surface area contributed by atoms with E-state index in [9.17, 15) is 0 Å². The van der Waals surface area contributed by atoms with E-state index in [1.54, 1.807) is 0 Å². The van der Waals surface area contributed by atoms with E-state index >= 15 is 0 Å². The van der Waals surface area contributed by atoms with Crippen LogP contribution in [-0.2, 0) is 0 Å². The first-order chi connectivity index (χ1) is 3.35. The smallest absolute Gasteiger partial charge is 0.0611 e. The van der Waals surface area contributed by atoms with Crippen molar-refractivity contribution in [2.75, 3.05) is 13.2 Å². The van der Waals surface area contributed by atoms with Crippen LogP contribution in [0.1, 0.15) is 0 Å². The molecule has 0 aliphatic heterocycles. The van der Waals surface area contributed by atoms with Crippen LogP contribution < -0.4 is 0 Å². The third kappa shape index (κ3) is 3.22. The van der Waals surface area contributed by atoms with Gasteiger partial charge in [0, 0.05) is 0 Å². The van der Waals surface area contributed by atoms with Gasteiger partial charge in [0.25, 0.3) is 0 Å². The van der Waals surface area contributed by atoms with Crippen LogP contribution in [-0.4, -0.2) is 28.7 Å². The zero-order valence-electron chi connectivity index (χ0n) is 3.74. The fourth-order valence-electron chi connectivity index (χ4n) is 0.124. The normalized spacial score (nSPS) is 10.3. The number of thiol groups is 1. The molecule has 0 spiro atoms. The minimum Gasteiger partial charge on any atom is -0.395 e. The number of aliphatic hydroxyl groups is 2. The Labute approximate surface area is 51.7 Å². The average Bonchev–Trinajstić information content (AvgIpc) is 1.72. The summed E-state index contributed by atoms with van der Waals surface area (Å²) in [5.74, 6) is 0. The van der Waals surface area contributed by atoms with Crippen molar-refractivity contribution < 1.29 is 10.2 Å². The van der Waals surface area contributed by atoms with Crippen LogP contribution in [0.5, 0.6) is 0 Å². The van der Waals surface area contributed by atoms with Crippen molar-refractivity contribution in [1.29, 1.82) is 0 Å². The van der Waals surface area contributed by atoms with Crippen molar-refractivity contribution in [3.8, 4) is 0 Å². The summed E-state index contributed by atoms with van der Waals surface area (Å²) in [7, 11) is 1.16. The zero-order chi connectivity index (χ0) is 5.70. The molecule has 0 amide bonds. The summed E-state index contributed by atoms with van der Waals surface area (Å²) in [6.07, 6.45) is 0. The maximum Gasteiger partial charge on any atom is 0.0611 e. The second-order valence-electron chi connectivity index (χ2n) is 1.09. The molecular formula is C3H8O2S2. The SMILES string of the molecule is OCC(CO)SS. The maximum atomic E-state index is 8.30. The predicted octanol–water partition coefficient (Wildman–Crippen LogP) is -0.0824. The Morgan fingerprint density at radius 1 is 1.43 bits per heavy atom. The fourth-order valence-corrected chi connectivity index (χ4v) is 0.658. The van der Waals surface area contributed by atoms with Crippen LogP contribution in [0.3, 0.4) is 0 Å². The molecule has 0 fully saturated rings. The Morgan fingerprint density at radius 3 is 1.86 bits per heavy atom. The van der Waals surface area contributed by atoms with E-state index in [0.29, 0.717) is 0 Å². The highest BCUT2D eigenvalue weighted by molar-refractivity contribution is 8.68.